The molecule has 1 saturated heterocycles. The van der Waals surface area contributed by atoms with Gasteiger partial charge in [0.05, 0.1) is 5.56 Å². The molecule has 0 aliphatic carbocycles. The van der Waals surface area contributed by atoms with Gasteiger partial charge in [0, 0.05) is 18.5 Å². The average Bonchev–Trinajstić information content (AvgIpc) is 2.48. The highest BCUT2D eigenvalue weighted by atomic mass is 16.3. The van der Waals surface area contributed by atoms with Crippen LogP contribution in [0.25, 0.3) is 10.8 Å². The predicted molar refractivity (Wildman–Crippen MR) is 79.9 cm³/mol. The Bertz CT molecular complexity index is 642. The molecule has 3 rings (SSSR count). The normalized spacial score (nSPS) is 16.6. The third-order valence-electron chi connectivity index (χ3n) is 4.20. The standard InChI is InChI=1S/C17H19NO2/c1-12-8-10-18(11-9-12)17(20)15-7-6-13-4-2-3-5-14(13)16(15)19/h2-7,12,19H,8-11H2,1H3. The van der Waals surface area contributed by atoms with Crippen molar-refractivity contribution in [1.29, 1.82) is 0 Å². The molecule has 1 aliphatic heterocycles. The van der Waals surface area contributed by atoms with Crippen LogP contribution in [-0.4, -0.2) is 29.0 Å². The maximum Gasteiger partial charge on any atom is 0.257 e. The lowest BCUT2D eigenvalue weighted by atomic mass is 9.98. The Balaban J connectivity index is 1.94. The molecule has 2 aromatic carbocycles. The number of carbonyl (C=O) groups is 1. The molecule has 1 aliphatic rings. The number of benzene rings is 2. The van der Waals surface area contributed by atoms with Crippen molar-refractivity contribution in [1.82, 2.24) is 4.90 Å². The van der Waals surface area contributed by atoms with Gasteiger partial charge in [-0.3, -0.25) is 4.79 Å². The molecule has 0 aromatic heterocycles. The number of phenolic OH excluding ortho intramolecular Hbond substituents is 1. The van der Waals surface area contributed by atoms with Crippen LogP contribution in [0.2, 0.25) is 0 Å². The van der Waals surface area contributed by atoms with Gasteiger partial charge in [-0.2, -0.15) is 0 Å². The van der Waals surface area contributed by atoms with Crippen LogP contribution in [0.5, 0.6) is 5.75 Å². The highest BCUT2D eigenvalue weighted by Crippen LogP contribution is 2.30. The molecule has 0 unspecified atom stereocenters. The van der Waals surface area contributed by atoms with E-state index in [-0.39, 0.29) is 11.7 Å². The molecule has 104 valence electrons. The van der Waals surface area contributed by atoms with E-state index in [0.29, 0.717) is 11.5 Å². The lowest BCUT2D eigenvalue weighted by molar-refractivity contribution is 0.0694. The summed E-state index contributed by atoms with van der Waals surface area (Å²) in [6.07, 6.45) is 2.08. The van der Waals surface area contributed by atoms with Crippen LogP contribution >= 0.6 is 0 Å². The van der Waals surface area contributed by atoms with Crippen LogP contribution in [0.4, 0.5) is 0 Å². The largest absolute Gasteiger partial charge is 0.506 e. The van der Waals surface area contributed by atoms with Gasteiger partial charge in [-0.25, -0.2) is 0 Å². The average molecular weight is 269 g/mol. The first-order valence-electron chi connectivity index (χ1n) is 7.17. The molecule has 20 heavy (non-hydrogen) atoms. The Kier molecular flexibility index (Phi) is 3.35. The molecule has 3 nitrogen and oxygen atoms in total. The summed E-state index contributed by atoms with van der Waals surface area (Å²) in [6.45, 7) is 3.79. The summed E-state index contributed by atoms with van der Waals surface area (Å²) in [4.78, 5) is 14.4. The smallest absolute Gasteiger partial charge is 0.257 e. The molecule has 0 radical (unpaired) electrons. The number of aromatic hydroxyl groups is 1. The van der Waals surface area contributed by atoms with E-state index in [4.69, 9.17) is 0 Å². The topological polar surface area (TPSA) is 40.5 Å². The quantitative estimate of drug-likeness (QED) is 0.861. The molecule has 0 bridgehead atoms. The highest BCUT2D eigenvalue weighted by Gasteiger charge is 2.23. The lowest BCUT2D eigenvalue weighted by Gasteiger charge is -2.30. The van der Waals surface area contributed by atoms with Crippen molar-refractivity contribution < 1.29 is 9.90 Å². The summed E-state index contributed by atoms with van der Waals surface area (Å²) in [7, 11) is 0. The lowest BCUT2D eigenvalue weighted by Crippen LogP contribution is -2.37. The van der Waals surface area contributed by atoms with Gasteiger partial charge >= 0.3 is 0 Å². The van der Waals surface area contributed by atoms with Gasteiger partial charge in [0.2, 0.25) is 0 Å². The zero-order valence-corrected chi connectivity index (χ0v) is 11.7. The Morgan fingerprint density at radius 1 is 1.15 bits per heavy atom. The number of rotatable bonds is 1. The van der Waals surface area contributed by atoms with Crippen molar-refractivity contribution in [3.63, 3.8) is 0 Å². The third kappa shape index (κ3) is 2.24. The van der Waals surface area contributed by atoms with E-state index in [1.165, 1.54) is 0 Å². The second-order valence-electron chi connectivity index (χ2n) is 5.66. The Morgan fingerprint density at radius 3 is 2.60 bits per heavy atom. The Hall–Kier alpha value is -2.03. The first kappa shape index (κ1) is 13.0. The van der Waals surface area contributed by atoms with Gasteiger partial charge in [0.1, 0.15) is 5.75 Å². The van der Waals surface area contributed by atoms with Crippen LogP contribution in [0.1, 0.15) is 30.1 Å². The molecule has 1 amide bonds. The number of phenols is 1. The highest BCUT2D eigenvalue weighted by molar-refractivity contribution is 6.03. The third-order valence-corrected chi connectivity index (χ3v) is 4.20. The molecule has 1 heterocycles. The Morgan fingerprint density at radius 2 is 1.85 bits per heavy atom. The molecule has 0 atom stereocenters. The van der Waals surface area contributed by atoms with E-state index in [1.807, 2.05) is 35.2 Å². The van der Waals surface area contributed by atoms with E-state index in [9.17, 15) is 9.90 Å². The van der Waals surface area contributed by atoms with E-state index in [0.717, 1.165) is 36.7 Å². The molecule has 3 heteroatoms. The number of likely N-dealkylation sites (tertiary alicyclic amines) is 1. The molecule has 0 saturated carbocycles. The molecule has 1 N–H and O–H groups in total. The van der Waals surface area contributed by atoms with Gasteiger partial charge in [-0.05, 0) is 30.2 Å². The van der Waals surface area contributed by atoms with Gasteiger partial charge in [-0.15, -0.1) is 0 Å². The molecule has 1 fully saturated rings. The van der Waals surface area contributed by atoms with Gasteiger partial charge in [-0.1, -0.05) is 37.3 Å². The fraction of sp³-hybridized carbons (Fsp3) is 0.353. The zero-order valence-electron chi connectivity index (χ0n) is 11.7. The molecule has 2 aromatic rings. The predicted octanol–water partition coefficient (Wildman–Crippen LogP) is 3.42. The van der Waals surface area contributed by atoms with Gasteiger partial charge < -0.3 is 10.0 Å². The maximum absolute atomic E-state index is 12.5. The summed E-state index contributed by atoms with van der Waals surface area (Å²) in [5, 5.41) is 12.0. The second-order valence-corrected chi connectivity index (χ2v) is 5.66. The SMILES string of the molecule is CC1CCN(C(=O)c2ccc3ccccc3c2O)CC1. The van der Waals surface area contributed by atoms with Crippen LogP contribution in [-0.2, 0) is 0 Å². The molecular weight excluding hydrogens is 250 g/mol. The fourth-order valence-corrected chi connectivity index (χ4v) is 2.81. The molecular formula is C17H19NO2. The van der Waals surface area contributed by atoms with Gasteiger partial charge in [0.25, 0.3) is 5.91 Å². The van der Waals surface area contributed by atoms with Crippen LogP contribution in [0.3, 0.4) is 0 Å². The van der Waals surface area contributed by atoms with Gasteiger partial charge in [0.15, 0.2) is 0 Å². The number of nitrogens with zero attached hydrogens (tertiary/aromatic N) is 1. The van der Waals surface area contributed by atoms with E-state index >= 15 is 0 Å². The summed E-state index contributed by atoms with van der Waals surface area (Å²) >= 11 is 0. The van der Waals surface area contributed by atoms with E-state index in [2.05, 4.69) is 6.92 Å². The minimum Gasteiger partial charge on any atom is -0.506 e. The number of carbonyl (C=O) groups excluding carboxylic acids is 1. The maximum atomic E-state index is 12.5. The van der Waals surface area contributed by atoms with Crippen molar-refractivity contribution >= 4 is 16.7 Å². The Labute approximate surface area is 118 Å². The monoisotopic (exact) mass is 269 g/mol. The van der Waals surface area contributed by atoms with Crippen molar-refractivity contribution in [2.45, 2.75) is 19.8 Å². The minimum absolute atomic E-state index is 0.0554. The van der Waals surface area contributed by atoms with E-state index in [1.54, 1.807) is 6.07 Å². The zero-order chi connectivity index (χ0) is 14.1. The van der Waals surface area contributed by atoms with Crippen molar-refractivity contribution in [3.8, 4) is 5.75 Å². The number of piperidine rings is 1. The number of amides is 1. The minimum atomic E-state index is -0.0554. The second kappa shape index (κ2) is 5.16. The van der Waals surface area contributed by atoms with E-state index < -0.39 is 0 Å². The summed E-state index contributed by atoms with van der Waals surface area (Å²) in [5.41, 5.74) is 0.415. The number of fused-ring (bicyclic) bond motifs is 1. The van der Waals surface area contributed by atoms with Crippen LogP contribution < -0.4 is 0 Å². The molecule has 0 spiro atoms. The van der Waals surface area contributed by atoms with Crippen molar-refractivity contribution in [3.05, 3.63) is 42.0 Å². The fourth-order valence-electron chi connectivity index (χ4n) is 2.81. The van der Waals surface area contributed by atoms with Crippen LogP contribution in [0.15, 0.2) is 36.4 Å². The number of hydrogen-bond acceptors (Lipinski definition) is 2. The summed E-state index contributed by atoms with van der Waals surface area (Å²) in [6, 6.07) is 11.2. The van der Waals surface area contributed by atoms with Crippen molar-refractivity contribution in [2.75, 3.05) is 13.1 Å². The first-order chi connectivity index (χ1) is 9.66. The summed E-state index contributed by atoms with van der Waals surface area (Å²) < 4.78 is 0. The summed E-state index contributed by atoms with van der Waals surface area (Å²) in [5.74, 6) is 0.733. The number of hydrogen-bond donors (Lipinski definition) is 1. The van der Waals surface area contributed by atoms with Crippen molar-refractivity contribution in [2.24, 2.45) is 5.92 Å². The first-order valence-corrected chi connectivity index (χ1v) is 7.17. The van der Waals surface area contributed by atoms with Crippen LogP contribution in [0, 0.1) is 5.92 Å².